The predicted molar refractivity (Wildman–Crippen MR) is 286 cm³/mol. The van der Waals surface area contributed by atoms with Crippen LogP contribution in [0.2, 0.25) is 0 Å². The van der Waals surface area contributed by atoms with E-state index in [2.05, 4.69) is 206 Å². The molecular weight excluding hydrogens is 896 g/mol. The van der Waals surface area contributed by atoms with Gasteiger partial charge < -0.3 is 14.1 Å². The fourth-order valence-electron chi connectivity index (χ4n) is 11.8. The minimum absolute atomic E-state index is 0.265. The van der Waals surface area contributed by atoms with Gasteiger partial charge in [-0.05, 0) is 128 Å². The number of hydrogen-bond donors (Lipinski definition) is 0. The first-order valence-electron chi connectivity index (χ1n) is 24.3. The van der Waals surface area contributed by atoms with E-state index in [0.717, 1.165) is 100 Å². The molecule has 0 saturated heterocycles. The predicted octanol–water partition coefficient (Wildman–Crippen LogP) is 18.3. The molecule has 0 saturated carbocycles. The fourth-order valence-corrected chi connectivity index (χ4v) is 11.8. The first-order chi connectivity index (χ1) is 35.0. The topological polar surface area (TPSA) is 25.6 Å². The Labute approximate surface area is 416 Å². The number of furan rings is 1. The van der Waals surface area contributed by atoms with E-state index in [1.807, 2.05) is 30.3 Å². The Balaban J connectivity index is 1.00. The molecule has 1 aliphatic carbocycles. The molecule has 2 aliphatic rings. The van der Waals surface area contributed by atoms with Crippen LogP contribution in [0.25, 0.3) is 66.4 Å². The van der Waals surface area contributed by atoms with E-state index < -0.39 is 11.8 Å². The Morgan fingerprint density at radius 1 is 0.444 bits per heavy atom. The summed E-state index contributed by atoms with van der Waals surface area (Å²) in [6, 6.07) is 76.9. The summed E-state index contributed by atoms with van der Waals surface area (Å²) < 4.78 is 53.5. The van der Waals surface area contributed by atoms with Crippen LogP contribution in [0.1, 0.15) is 52.8 Å². The highest BCUT2D eigenvalue weighted by atomic mass is 19.4. The third-order valence-corrected chi connectivity index (χ3v) is 15.1. The van der Waals surface area contributed by atoms with Gasteiger partial charge in [0.2, 0.25) is 0 Å². The summed E-state index contributed by atoms with van der Waals surface area (Å²) in [6.07, 6.45) is -4.86. The van der Waals surface area contributed by atoms with E-state index in [9.17, 15) is 13.2 Å². The van der Waals surface area contributed by atoms with Gasteiger partial charge >= 0.3 is 6.36 Å². The summed E-state index contributed by atoms with van der Waals surface area (Å²) >= 11 is 0. The average Bonchev–Trinajstić information content (AvgIpc) is 3.93. The van der Waals surface area contributed by atoms with Gasteiger partial charge in [-0.2, -0.15) is 0 Å². The molecule has 11 aromatic rings. The average molecular weight is 942 g/mol. The smallest absolute Gasteiger partial charge is 0.455 e. The third-order valence-electron chi connectivity index (χ3n) is 15.1. The Bertz CT molecular complexity index is 3910. The number of hydrogen-bond acceptors (Lipinski definition) is 3. The van der Waals surface area contributed by atoms with Crippen molar-refractivity contribution >= 4 is 39.0 Å². The maximum atomic E-state index is 14.0. The van der Waals surface area contributed by atoms with E-state index in [0.29, 0.717) is 0 Å². The van der Waals surface area contributed by atoms with E-state index in [1.54, 1.807) is 12.1 Å². The second-order valence-electron chi connectivity index (χ2n) is 19.6. The Morgan fingerprint density at radius 3 is 1.69 bits per heavy atom. The molecule has 0 N–H and O–H groups in total. The Kier molecular flexibility index (Phi) is 9.78. The molecule has 0 bridgehead atoms. The van der Waals surface area contributed by atoms with Crippen LogP contribution in [0.15, 0.2) is 229 Å². The third kappa shape index (κ3) is 6.73. The van der Waals surface area contributed by atoms with Gasteiger partial charge in [-0.15, -0.1) is 13.2 Å². The van der Waals surface area contributed by atoms with Crippen LogP contribution < -0.4 is 9.64 Å². The number of para-hydroxylation sites is 2. The number of ether oxygens (including phenoxy) is 1. The molecule has 2 heterocycles. The minimum Gasteiger partial charge on any atom is -0.455 e. The van der Waals surface area contributed by atoms with Crippen molar-refractivity contribution in [2.45, 2.75) is 38.0 Å². The van der Waals surface area contributed by atoms with Crippen LogP contribution in [0, 0.1) is 6.92 Å². The molecular formula is C66H46F3NO2. The second kappa shape index (κ2) is 16.2. The lowest BCUT2D eigenvalue weighted by Gasteiger charge is -2.42. The minimum atomic E-state index is -4.86. The first kappa shape index (κ1) is 43.4. The van der Waals surface area contributed by atoms with Crippen LogP contribution in [-0.4, -0.2) is 6.36 Å². The van der Waals surface area contributed by atoms with E-state index in [1.165, 1.54) is 28.3 Å². The molecule has 6 heteroatoms. The molecule has 348 valence electrons. The van der Waals surface area contributed by atoms with Crippen LogP contribution in [0.4, 0.5) is 30.2 Å². The van der Waals surface area contributed by atoms with Crippen molar-refractivity contribution in [3.05, 3.63) is 263 Å². The second-order valence-corrected chi connectivity index (χ2v) is 19.6. The van der Waals surface area contributed by atoms with Gasteiger partial charge in [0.15, 0.2) is 0 Å². The largest absolute Gasteiger partial charge is 0.573 e. The van der Waals surface area contributed by atoms with Crippen molar-refractivity contribution in [1.29, 1.82) is 0 Å². The van der Waals surface area contributed by atoms with Crippen LogP contribution in [-0.2, 0) is 10.8 Å². The fraction of sp³-hybridized carbons (Fsp3) is 0.0909. The SMILES string of the molecule is Cc1ccc2c(c1)C(c1ccc(-c3ccccc3)cc1)(c1ccc(-c3ccc(N4c5ccccc5C(C)(C)c5cc(-c6ccccc6)ccc54)c4c3oc3ccccc34)cc1)c1cc(OC(F)(F)F)ccc1-2. The number of benzene rings is 10. The molecule has 1 aromatic heterocycles. The summed E-state index contributed by atoms with van der Waals surface area (Å²) in [5.41, 5.74) is 18.7. The Morgan fingerprint density at radius 2 is 0.986 bits per heavy atom. The molecule has 0 fully saturated rings. The van der Waals surface area contributed by atoms with Gasteiger partial charge in [0.25, 0.3) is 0 Å². The van der Waals surface area contributed by atoms with Crippen molar-refractivity contribution in [2.24, 2.45) is 0 Å². The number of halogens is 3. The number of rotatable bonds is 7. The highest BCUT2D eigenvalue weighted by molar-refractivity contribution is 6.17. The number of alkyl halides is 3. The first-order valence-corrected chi connectivity index (χ1v) is 24.3. The van der Waals surface area contributed by atoms with Gasteiger partial charge in [-0.1, -0.05) is 195 Å². The summed E-state index contributed by atoms with van der Waals surface area (Å²) in [6.45, 7) is 6.69. The molecule has 0 spiro atoms. The van der Waals surface area contributed by atoms with Crippen molar-refractivity contribution in [2.75, 3.05) is 4.90 Å². The molecule has 10 aromatic carbocycles. The summed E-state index contributed by atoms with van der Waals surface area (Å²) in [5.74, 6) is -0.265. The maximum absolute atomic E-state index is 14.0. The van der Waals surface area contributed by atoms with Gasteiger partial charge in [0.05, 0.1) is 27.9 Å². The van der Waals surface area contributed by atoms with Crippen molar-refractivity contribution in [3.63, 3.8) is 0 Å². The van der Waals surface area contributed by atoms with Gasteiger partial charge in [0.1, 0.15) is 16.9 Å². The summed E-state index contributed by atoms with van der Waals surface area (Å²) in [4.78, 5) is 2.41. The quantitative estimate of drug-likeness (QED) is 0.159. The van der Waals surface area contributed by atoms with E-state index in [-0.39, 0.29) is 11.2 Å². The Hall–Kier alpha value is -8.61. The molecule has 0 amide bonds. The molecule has 0 radical (unpaired) electrons. The van der Waals surface area contributed by atoms with Gasteiger partial charge in [-0.25, -0.2) is 0 Å². The van der Waals surface area contributed by atoms with Gasteiger partial charge in [0, 0.05) is 16.4 Å². The molecule has 13 rings (SSSR count). The number of nitrogens with zero attached hydrogens (tertiary/aromatic N) is 1. The van der Waals surface area contributed by atoms with Crippen molar-refractivity contribution < 1.29 is 22.3 Å². The number of anilines is 3. The summed E-state index contributed by atoms with van der Waals surface area (Å²) in [7, 11) is 0. The maximum Gasteiger partial charge on any atom is 0.573 e. The zero-order valence-corrected chi connectivity index (χ0v) is 39.8. The molecule has 72 heavy (non-hydrogen) atoms. The molecule has 1 unspecified atom stereocenters. The van der Waals surface area contributed by atoms with E-state index in [4.69, 9.17) is 4.42 Å². The molecule has 1 aliphatic heterocycles. The number of aryl methyl sites for hydroxylation is 1. The monoisotopic (exact) mass is 941 g/mol. The lowest BCUT2D eigenvalue weighted by atomic mass is 9.67. The van der Waals surface area contributed by atoms with E-state index >= 15 is 0 Å². The lowest BCUT2D eigenvalue weighted by molar-refractivity contribution is -0.274. The lowest BCUT2D eigenvalue weighted by Crippen LogP contribution is -2.30. The van der Waals surface area contributed by atoms with Crippen LogP contribution in [0.3, 0.4) is 0 Å². The van der Waals surface area contributed by atoms with Crippen molar-refractivity contribution in [3.8, 4) is 50.3 Å². The summed E-state index contributed by atoms with van der Waals surface area (Å²) in [5, 5.41) is 2.01. The zero-order chi connectivity index (χ0) is 48.9. The molecule has 3 nitrogen and oxygen atoms in total. The normalized spacial score (nSPS) is 15.5. The number of fused-ring (bicyclic) bond motifs is 8. The van der Waals surface area contributed by atoms with Crippen LogP contribution >= 0.6 is 0 Å². The van der Waals surface area contributed by atoms with Crippen molar-refractivity contribution in [1.82, 2.24) is 0 Å². The standard InChI is InChI=1S/C66H46F3NO2/c1-41-22-33-51-52-34-32-49(72-66(67,68)69)40-56(52)65(55(51)38-41,47-28-23-44(24-29-47)42-14-6-4-7-15-42)48-30-25-45(26-31-48)50-35-37-60(62-53-18-10-13-21-61(53)71-63(50)62)70-58-20-12-11-19-54(58)64(2,3)57-39-46(27-36-59(57)70)43-16-8-5-9-17-43/h4-40H,1-3H3. The molecule has 1 atom stereocenters. The van der Waals surface area contributed by atoms with Gasteiger partial charge in [-0.3, -0.25) is 0 Å². The highest BCUT2D eigenvalue weighted by Crippen LogP contribution is 2.59. The highest BCUT2D eigenvalue weighted by Gasteiger charge is 2.47. The van der Waals surface area contributed by atoms with Crippen LogP contribution in [0.5, 0.6) is 5.75 Å². The zero-order valence-electron chi connectivity index (χ0n) is 39.8.